The van der Waals surface area contributed by atoms with Gasteiger partial charge in [-0.15, -0.1) is 0 Å². The lowest BCUT2D eigenvalue weighted by Crippen LogP contribution is -2.49. The van der Waals surface area contributed by atoms with Gasteiger partial charge in [0.2, 0.25) is 15.9 Å². The van der Waals surface area contributed by atoms with Crippen molar-refractivity contribution >= 4 is 21.6 Å². The summed E-state index contributed by atoms with van der Waals surface area (Å²) in [5.74, 6) is -0.459. The monoisotopic (exact) mass is 404 g/mol. The van der Waals surface area contributed by atoms with Crippen LogP contribution in [0.5, 0.6) is 0 Å². The van der Waals surface area contributed by atoms with Crippen LogP contribution < -0.4 is 5.32 Å². The van der Waals surface area contributed by atoms with Gasteiger partial charge in [-0.05, 0) is 60.7 Å². The first-order valence-corrected chi connectivity index (χ1v) is 10.9. The van der Waals surface area contributed by atoms with Gasteiger partial charge in [-0.1, -0.05) is 32.4 Å². The Morgan fingerprint density at radius 2 is 1.71 bits per heavy atom. The van der Waals surface area contributed by atoms with Gasteiger partial charge in [0, 0.05) is 12.2 Å². The largest absolute Gasteiger partial charge is 0.325 e. The number of sulfonamides is 1. The van der Waals surface area contributed by atoms with Crippen LogP contribution in [0.4, 0.5) is 10.1 Å². The van der Waals surface area contributed by atoms with Gasteiger partial charge < -0.3 is 5.32 Å². The lowest BCUT2D eigenvalue weighted by Gasteiger charge is -2.33. The third-order valence-corrected chi connectivity index (χ3v) is 6.94. The molecule has 1 amide bonds. The van der Waals surface area contributed by atoms with Crippen LogP contribution in [0.15, 0.2) is 53.4 Å². The summed E-state index contributed by atoms with van der Waals surface area (Å²) in [6.45, 7) is 4.45. The minimum absolute atomic E-state index is 0.00473. The highest BCUT2D eigenvalue weighted by molar-refractivity contribution is 7.89. The van der Waals surface area contributed by atoms with Crippen LogP contribution in [0.1, 0.15) is 44.6 Å². The number of rotatable bonds is 5. The van der Waals surface area contributed by atoms with Gasteiger partial charge >= 0.3 is 0 Å². The molecule has 0 unspecified atom stereocenters. The lowest BCUT2D eigenvalue weighted by atomic mass is 10.0. The van der Waals surface area contributed by atoms with E-state index in [1.807, 2.05) is 24.3 Å². The van der Waals surface area contributed by atoms with Crippen LogP contribution in [0.25, 0.3) is 0 Å². The van der Waals surface area contributed by atoms with Crippen LogP contribution in [-0.2, 0) is 14.8 Å². The van der Waals surface area contributed by atoms with Gasteiger partial charge in [-0.2, -0.15) is 4.31 Å². The average Bonchev–Trinajstić information content (AvgIpc) is 2.68. The van der Waals surface area contributed by atoms with E-state index in [-0.39, 0.29) is 17.3 Å². The van der Waals surface area contributed by atoms with Crippen molar-refractivity contribution in [1.29, 1.82) is 0 Å². The second kappa shape index (κ2) is 8.41. The standard InChI is InChI=1S/C21H25FN2O3S/c1-15(2)16-6-10-18(11-7-16)23-21(25)20-5-3-4-14-24(20)28(26,27)19-12-8-17(22)9-13-19/h6-13,15,20H,3-5,14H2,1-2H3,(H,23,25)/t20-/m1/s1. The first-order chi connectivity index (χ1) is 13.3. The Morgan fingerprint density at radius 3 is 2.32 bits per heavy atom. The summed E-state index contributed by atoms with van der Waals surface area (Å²) < 4.78 is 40.4. The van der Waals surface area contributed by atoms with Gasteiger partial charge in [-0.25, -0.2) is 12.8 Å². The highest BCUT2D eigenvalue weighted by Gasteiger charge is 2.37. The van der Waals surface area contributed by atoms with Crippen molar-refractivity contribution in [2.75, 3.05) is 11.9 Å². The number of amides is 1. The van der Waals surface area contributed by atoms with Gasteiger partial charge in [0.15, 0.2) is 0 Å². The van der Waals surface area contributed by atoms with Crippen LogP contribution in [0.3, 0.4) is 0 Å². The number of halogens is 1. The van der Waals surface area contributed by atoms with Crippen molar-refractivity contribution in [3.8, 4) is 0 Å². The van der Waals surface area contributed by atoms with Crippen LogP contribution in [0, 0.1) is 5.82 Å². The molecule has 1 saturated heterocycles. The minimum Gasteiger partial charge on any atom is -0.325 e. The third-order valence-electron chi connectivity index (χ3n) is 5.02. The topological polar surface area (TPSA) is 66.5 Å². The summed E-state index contributed by atoms with van der Waals surface area (Å²) in [5.41, 5.74) is 1.80. The maximum atomic E-state index is 13.2. The van der Waals surface area contributed by atoms with Crippen molar-refractivity contribution in [2.45, 2.75) is 50.0 Å². The maximum absolute atomic E-state index is 13.2. The number of nitrogens with zero attached hydrogens (tertiary/aromatic N) is 1. The zero-order chi connectivity index (χ0) is 20.3. The number of anilines is 1. The van der Waals surface area contributed by atoms with Gasteiger partial charge in [-0.3, -0.25) is 4.79 Å². The van der Waals surface area contributed by atoms with E-state index in [1.165, 1.54) is 16.4 Å². The van der Waals surface area contributed by atoms with E-state index < -0.39 is 21.9 Å². The summed E-state index contributed by atoms with van der Waals surface area (Å²) in [4.78, 5) is 12.8. The first kappa shape index (κ1) is 20.5. The van der Waals surface area contributed by atoms with Gasteiger partial charge in [0.1, 0.15) is 11.9 Å². The fourth-order valence-electron chi connectivity index (χ4n) is 3.37. The molecule has 1 fully saturated rings. The molecule has 0 aliphatic carbocycles. The molecule has 0 spiro atoms. The van der Waals surface area contributed by atoms with Crippen molar-refractivity contribution < 1.29 is 17.6 Å². The fraction of sp³-hybridized carbons (Fsp3) is 0.381. The summed E-state index contributed by atoms with van der Waals surface area (Å²) in [7, 11) is -3.88. The van der Waals surface area contributed by atoms with Crippen molar-refractivity contribution in [3.63, 3.8) is 0 Å². The molecular formula is C21H25FN2O3S. The quantitative estimate of drug-likeness (QED) is 0.815. The second-order valence-electron chi connectivity index (χ2n) is 7.35. The molecule has 0 aromatic heterocycles. The predicted octanol–water partition coefficient (Wildman–Crippen LogP) is 4.13. The van der Waals surface area contributed by atoms with Gasteiger partial charge in [0.25, 0.3) is 0 Å². The van der Waals surface area contributed by atoms with Crippen LogP contribution in [0.2, 0.25) is 0 Å². The maximum Gasteiger partial charge on any atom is 0.243 e. The van der Waals surface area contributed by atoms with E-state index in [0.717, 1.165) is 24.1 Å². The summed E-state index contributed by atoms with van der Waals surface area (Å²) in [5, 5.41) is 2.84. The fourth-order valence-corrected chi connectivity index (χ4v) is 5.03. The molecule has 5 nitrogen and oxygen atoms in total. The number of piperidine rings is 1. The molecule has 1 N–H and O–H groups in total. The highest BCUT2D eigenvalue weighted by atomic mass is 32.2. The Hall–Kier alpha value is -2.25. The molecule has 1 heterocycles. The number of benzene rings is 2. The number of hydrogen-bond acceptors (Lipinski definition) is 3. The average molecular weight is 405 g/mol. The summed E-state index contributed by atoms with van der Waals surface area (Å²) >= 11 is 0. The molecule has 2 aromatic carbocycles. The van der Waals surface area contributed by atoms with Crippen LogP contribution in [-0.4, -0.2) is 31.2 Å². The molecule has 0 saturated carbocycles. The Labute approximate surface area is 165 Å². The minimum atomic E-state index is -3.88. The Balaban J connectivity index is 1.80. The van der Waals surface area contributed by atoms with Crippen molar-refractivity contribution in [1.82, 2.24) is 4.31 Å². The highest BCUT2D eigenvalue weighted by Crippen LogP contribution is 2.27. The number of nitrogens with one attached hydrogen (secondary N) is 1. The normalized spacial score (nSPS) is 18.2. The third kappa shape index (κ3) is 4.42. The summed E-state index contributed by atoms with van der Waals surface area (Å²) in [6.07, 6.45) is 1.92. The molecule has 2 aromatic rings. The zero-order valence-corrected chi connectivity index (χ0v) is 16.9. The molecule has 0 bridgehead atoms. The predicted molar refractivity (Wildman–Crippen MR) is 107 cm³/mol. The smallest absolute Gasteiger partial charge is 0.243 e. The zero-order valence-electron chi connectivity index (χ0n) is 16.1. The molecule has 0 radical (unpaired) electrons. The molecule has 1 aliphatic rings. The molecule has 7 heteroatoms. The number of carbonyl (C=O) groups excluding carboxylic acids is 1. The van der Waals surface area contributed by atoms with Crippen LogP contribution >= 0.6 is 0 Å². The van der Waals surface area contributed by atoms with Gasteiger partial charge in [0.05, 0.1) is 4.90 Å². The number of carbonyl (C=O) groups is 1. The van der Waals surface area contributed by atoms with E-state index in [0.29, 0.717) is 24.4 Å². The lowest BCUT2D eigenvalue weighted by molar-refractivity contribution is -0.120. The van der Waals surface area contributed by atoms with E-state index >= 15 is 0 Å². The summed E-state index contributed by atoms with van der Waals surface area (Å²) in [6, 6.07) is 11.5. The molecule has 28 heavy (non-hydrogen) atoms. The molecule has 3 rings (SSSR count). The molecule has 1 atom stereocenters. The Morgan fingerprint density at radius 1 is 1.07 bits per heavy atom. The van der Waals surface area contributed by atoms with E-state index in [1.54, 1.807) is 0 Å². The van der Waals surface area contributed by atoms with E-state index in [9.17, 15) is 17.6 Å². The van der Waals surface area contributed by atoms with E-state index in [2.05, 4.69) is 19.2 Å². The van der Waals surface area contributed by atoms with Crippen molar-refractivity contribution in [2.24, 2.45) is 0 Å². The molecular weight excluding hydrogens is 379 g/mol. The first-order valence-electron chi connectivity index (χ1n) is 9.47. The second-order valence-corrected chi connectivity index (χ2v) is 9.24. The Kier molecular flexibility index (Phi) is 6.15. The Bertz CT molecular complexity index is 925. The van der Waals surface area contributed by atoms with E-state index in [4.69, 9.17) is 0 Å². The van der Waals surface area contributed by atoms with Crippen molar-refractivity contribution in [3.05, 3.63) is 59.9 Å². The number of hydrogen-bond donors (Lipinski definition) is 1. The SMILES string of the molecule is CC(C)c1ccc(NC(=O)[C@H]2CCCCN2S(=O)(=O)c2ccc(F)cc2)cc1. The molecule has 1 aliphatic heterocycles. The molecule has 150 valence electrons.